The van der Waals surface area contributed by atoms with Crippen molar-refractivity contribution in [2.75, 3.05) is 14.2 Å². The number of hydrogen-bond donors (Lipinski definition) is 1. The van der Waals surface area contributed by atoms with Gasteiger partial charge in [0.1, 0.15) is 11.5 Å². The van der Waals surface area contributed by atoms with Crippen LogP contribution in [-0.2, 0) is 24.9 Å². The van der Waals surface area contributed by atoms with E-state index in [-0.39, 0.29) is 0 Å². The van der Waals surface area contributed by atoms with Gasteiger partial charge in [-0.15, -0.1) is 0 Å². The van der Waals surface area contributed by atoms with Crippen LogP contribution in [0.15, 0.2) is 60.7 Å². The predicted molar refractivity (Wildman–Crippen MR) is 127 cm³/mol. The zero-order valence-corrected chi connectivity index (χ0v) is 19.4. The van der Waals surface area contributed by atoms with Crippen molar-refractivity contribution in [3.8, 4) is 11.5 Å². The van der Waals surface area contributed by atoms with Crippen LogP contribution in [0.1, 0.15) is 46.7 Å². The van der Waals surface area contributed by atoms with Crippen LogP contribution in [0.25, 0.3) is 0 Å². The molecule has 0 spiro atoms. The minimum absolute atomic E-state index is 0.501. The van der Waals surface area contributed by atoms with E-state index in [1.54, 1.807) is 14.2 Å². The maximum Gasteiger partial charge on any atom is 0.126 e. The Morgan fingerprint density at radius 1 is 0.742 bits per heavy atom. The largest absolute Gasteiger partial charge is 0.496 e. The van der Waals surface area contributed by atoms with E-state index in [1.807, 2.05) is 12.1 Å². The van der Waals surface area contributed by atoms with Gasteiger partial charge in [0.2, 0.25) is 0 Å². The highest BCUT2D eigenvalue weighted by atomic mass is 16.5. The monoisotopic (exact) mass is 418 g/mol. The molecule has 0 radical (unpaired) electrons. The average Bonchev–Trinajstić information content (AvgIpc) is 2.77. The molecular weight excluding hydrogens is 384 g/mol. The van der Waals surface area contributed by atoms with E-state index in [0.29, 0.717) is 12.8 Å². The zero-order valence-electron chi connectivity index (χ0n) is 19.4. The first-order valence-corrected chi connectivity index (χ1v) is 11.0. The van der Waals surface area contributed by atoms with Crippen LogP contribution in [0.3, 0.4) is 0 Å². The van der Waals surface area contributed by atoms with Crippen LogP contribution in [0, 0.1) is 13.8 Å². The second-order valence-electron chi connectivity index (χ2n) is 8.47. The van der Waals surface area contributed by atoms with E-state index in [4.69, 9.17) is 9.47 Å². The molecule has 31 heavy (non-hydrogen) atoms. The quantitative estimate of drug-likeness (QED) is 0.467. The van der Waals surface area contributed by atoms with E-state index in [9.17, 15) is 5.11 Å². The Labute approximate surface area is 186 Å². The van der Waals surface area contributed by atoms with Crippen molar-refractivity contribution < 1.29 is 14.6 Å². The Morgan fingerprint density at radius 2 is 1.16 bits per heavy atom. The van der Waals surface area contributed by atoms with E-state index in [2.05, 4.69) is 69.3 Å². The maximum absolute atomic E-state index is 12.1. The Hall–Kier alpha value is -2.78. The van der Waals surface area contributed by atoms with Crippen LogP contribution in [0.5, 0.6) is 11.5 Å². The molecule has 3 rings (SSSR count). The number of methoxy groups -OCH3 is 2. The molecule has 0 aromatic heterocycles. The van der Waals surface area contributed by atoms with Gasteiger partial charge in [0, 0.05) is 18.4 Å². The fourth-order valence-electron chi connectivity index (χ4n) is 4.10. The molecule has 0 amide bonds. The summed E-state index contributed by atoms with van der Waals surface area (Å²) in [5.74, 6) is 1.53. The van der Waals surface area contributed by atoms with Crippen molar-refractivity contribution in [3.63, 3.8) is 0 Å². The van der Waals surface area contributed by atoms with Crippen molar-refractivity contribution in [1.29, 1.82) is 0 Å². The third kappa shape index (κ3) is 5.48. The summed E-state index contributed by atoms with van der Waals surface area (Å²) < 4.78 is 11.4. The SMILES string of the molecule is CCCc1c(OC)cc(C(O)(Cc2ccc(C)cc2)Cc2ccc(C)cc2)cc1OC. The van der Waals surface area contributed by atoms with Gasteiger partial charge in [-0.3, -0.25) is 0 Å². The van der Waals surface area contributed by atoms with Crippen molar-refractivity contribution in [1.82, 2.24) is 0 Å². The molecule has 0 bridgehead atoms. The van der Waals surface area contributed by atoms with Crippen LogP contribution in [0.2, 0.25) is 0 Å². The molecule has 0 aliphatic heterocycles. The van der Waals surface area contributed by atoms with Gasteiger partial charge in [-0.2, -0.15) is 0 Å². The van der Waals surface area contributed by atoms with Crippen molar-refractivity contribution in [2.45, 2.75) is 52.1 Å². The summed E-state index contributed by atoms with van der Waals surface area (Å²) in [7, 11) is 3.35. The summed E-state index contributed by atoms with van der Waals surface area (Å²) in [6, 6.07) is 20.7. The molecule has 0 fully saturated rings. The minimum Gasteiger partial charge on any atom is -0.496 e. The smallest absolute Gasteiger partial charge is 0.126 e. The van der Waals surface area contributed by atoms with E-state index >= 15 is 0 Å². The van der Waals surface area contributed by atoms with Gasteiger partial charge in [0.15, 0.2) is 0 Å². The van der Waals surface area contributed by atoms with E-state index < -0.39 is 5.60 Å². The van der Waals surface area contributed by atoms with Gasteiger partial charge in [-0.1, -0.05) is 73.0 Å². The standard InChI is InChI=1S/C28H34O3/c1-6-7-25-26(30-4)16-24(17-27(25)31-5)28(29,18-22-12-8-20(2)9-13-22)19-23-14-10-21(3)11-15-23/h8-17,29H,6-7,18-19H2,1-5H3. The normalized spacial score (nSPS) is 11.4. The fourth-order valence-corrected chi connectivity index (χ4v) is 4.10. The lowest BCUT2D eigenvalue weighted by atomic mass is 9.81. The summed E-state index contributed by atoms with van der Waals surface area (Å²) in [6.07, 6.45) is 2.85. The first-order valence-electron chi connectivity index (χ1n) is 11.0. The summed E-state index contributed by atoms with van der Waals surface area (Å²) in [5, 5.41) is 12.1. The predicted octanol–water partition coefficient (Wildman–Crippen LogP) is 5.95. The Balaban J connectivity index is 2.10. The Kier molecular flexibility index (Phi) is 7.40. The molecule has 0 aliphatic carbocycles. The molecule has 3 aromatic carbocycles. The highest BCUT2D eigenvalue weighted by molar-refractivity contribution is 5.50. The lowest BCUT2D eigenvalue weighted by Gasteiger charge is -2.31. The lowest BCUT2D eigenvalue weighted by molar-refractivity contribution is 0.0366. The van der Waals surface area contributed by atoms with Gasteiger partial charge in [-0.05, 0) is 49.1 Å². The van der Waals surface area contributed by atoms with Gasteiger partial charge < -0.3 is 14.6 Å². The summed E-state index contributed by atoms with van der Waals surface area (Å²) in [6.45, 7) is 6.28. The third-order valence-electron chi connectivity index (χ3n) is 5.88. The zero-order chi connectivity index (χ0) is 22.4. The van der Waals surface area contributed by atoms with E-state index in [1.165, 1.54) is 11.1 Å². The van der Waals surface area contributed by atoms with Gasteiger partial charge in [-0.25, -0.2) is 0 Å². The molecular formula is C28H34O3. The first-order chi connectivity index (χ1) is 14.9. The lowest BCUT2D eigenvalue weighted by Crippen LogP contribution is -2.31. The highest BCUT2D eigenvalue weighted by Crippen LogP contribution is 2.38. The number of hydrogen-bond acceptors (Lipinski definition) is 3. The summed E-state index contributed by atoms with van der Waals surface area (Å²) in [5.41, 5.74) is 5.35. The Bertz CT molecular complexity index is 915. The molecule has 0 unspecified atom stereocenters. The summed E-state index contributed by atoms with van der Waals surface area (Å²) in [4.78, 5) is 0. The van der Waals surface area contributed by atoms with Gasteiger partial charge >= 0.3 is 0 Å². The molecule has 1 N–H and O–H groups in total. The van der Waals surface area contributed by atoms with Crippen LogP contribution < -0.4 is 9.47 Å². The van der Waals surface area contributed by atoms with Crippen molar-refractivity contribution in [3.05, 3.63) is 94.0 Å². The highest BCUT2D eigenvalue weighted by Gasteiger charge is 2.32. The van der Waals surface area contributed by atoms with Crippen LogP contribution in [-0.4, -0.2) is 19.3 Å². The molecule has 0 saturated heterocycles. The second kappa shape index (κ2) is 10.0. The Morgan fingerprint density at radius 3 is 1.52 bits per heavy atom. The topological polar surface area (TPSA) is 38.7 Å². The van der Waals surface area contributed by atoms with Gasteiger partial charge in [0.05, 0.1) is 19.8 Å². The van der Waals surface area contributed by atoms with Crippen LogP contribution in [0.4, 0.5) is 0 Å². The number of ether oxygens (including phenoxy) is 2. The van der Waals surface area contributed by atoms with Crippen LogP contribution >= 0.6 is 0 Å². The molecule has 0 saturated carbocycles. The minimum atomic E-state index is -1.10. The molecule has 3 heteroatoms. The van der Waals surface area contributed by atoms with Gasteiger partial charge in [0.25, 0.3) is 0 Å². The molecule has 0 aliphatic rings. The number of benzene rings is 3. The van der Waals surface area contributed by atoms with Crippen molar-refractivity contribution in [2.24, 2.45) is 0 Å². The number of aryl methyl sites for hydroxylation is 2. The fraction of sp³-hybridized carbons (Fsp3) is 0.357. The molecule has 164 valence electrons. The maximum atomic E-state index is 12.1. The first kappa shape index (κ1) is 22.9. The number of rotatable bonds is 9. The molecule has 3 nitrogen and oxygen atoms in total. The number of aliphatic hydroxyl groups is 1. The molecule has 3 aromatic rings. The van der Waals surface area contributed by atoms with E-state index in [0.717, 1.165) is 46.6 Å². The van der Waals surface area contributed by atoms with Crippen molar-refractivity contribution >= 4 is 0 Å². The molecule has 0 heterocycles. The average molecular weight is 419 g/mol. The summed E-state index contributed by atoms with van der Waals surface area (Å²) >= 11 is 0. The second-order valence-corrected chi connectivity index (χ2v) is 8.47. The third-order valence-corrected chi connectivity index (χ3v) is 5.88. The molecule has 0 atom stereocenters.